The second-order valence-corrected chi connectivity index (χ2v) is 6.92. The lowest BCUT2D eigenvalue weighted by atomic mass is 9.97. The predicted octanol–water partition coefficient (Wildman–Crippen LogP) is 2.85. The predicted molar refractivity (Wildman–Crippen MR) is 89.9 cm³/mol. The second kappa shape index (κ2) is 7.57. The number of carbonyl (C=O) groups is 1. The highest BCUT2D eigenvalue weighted by Crippen LogP contribution is 2.24. The van der Waals surface area contributed by atoms with Crippen LogP contribution < -0.4 is 5.32 Å². The van der Waals surface area contributed by atoms with Crippen molar-refractivity contribution in [3.8, 4) is 0 Å². The first-order valence-electron chi connectivity index (χ1n) is 8.76. The average Bonchev–Trinajstić information content (AvgIpc) is 2.50. The van der Waals surface area contributed by atoms with Crippen molar-refractivity contribution in [2.24, 2.45) is 0 Å². The van der Waals surface area contributed by atoms with E-state index in [2.05, 4.69) is 22.0 Å². The maximum Gasteiger partial charge on any atom is 0.225 e. The van der Waals surface area contributed by atoms with Crippen LogP contribution in [0.25, 0.3) is 0 Å². The van der Waals surface area contributed by atoms with Crippen molar-refractivity contribution < 1.29 is 13.6 Å². The Bertz CT molecular complexity index is 590. The third-order valence-corrected chi connectivity index (χ3v) is 5.12. The Hall–Kier alpha value is -1.53. The Morgan fingerprint density at radius 1 is 1.29 bits per heavy atom. The molecule has 2 saturated heterocycles. The van der Waals surface area contributed by atoms with Gasteiger partial charge in [0.2, 0.25) is 5.91 Å². The molecular formula is C18H25F2N3O. The Labute approximate surface area is 141 Å². The zero-order valence-corrected chi connectivity index (χ0v) is 14.1. The molecule has 0 unspecified atom stereocenters. The molecule has 1 atom stereocenters. The Morgan fingerprint density at radius 3 is 2.79 bits per heavy atom. The minimum absolute atomic E-state index is 0.0324. The van der Waals surface area contributed by atoms with E-state index in [1.54, 1.807) is 0 Å². The summed E-state index contributed by atoms with van der Waals surface area (Å²) in [6.07, 6.45) is 4.21. The van der Waals surface area contributed by atoms with Gasteiger partial charge in [-0.25, -0.2) is 8.78 Å². The molecular weight excluding hydrogens is 312 g/mol. The van der Waals surface area contributed by atoms with Crippen molar-refractivity contribution >= 4 is 11.6 Å². The molecule has 4 nitrogen and oxygen atoms in total. The molecule has 0 bridgehead atoms. The van der Waals surface area contributed by atoms with Crippen molar-refractivity contribution in [3.05, 3.63) is 29.8 Å². The van der Waals surface area contributed by atoms with Crippen LogP contribution in [0, 0.1) is 11.6 Å². The fourth-order valence-electron chi connectivity index (χ4n) is 3.66. The van der Waals surface area contributed by atoms with E-state index in [0.717, 1.165) is 25.2 Å². The van der Waals surface area contributed by atoms with Crippen LogP contribution >= 0.6 is 0 Å². The molecule has 2 heterocycles. The SMILES string of the molecule is C[C@H]1CCCCN1C1CN(CCC(=O)Nc2ccc(F)cc2F)C1. The topological polar surface area (TPSA) is 35.6 Å². The van der Waals surface area contributed by atoms with E-state index in [4.69, 9.17) is 0 Å². The van der Waals surface area contributed by atoms with Crippen LogP contribution in [0.5, 0.6) is 0 Å². The second-order valence-electron chi connectivity index (χ2n) is 6.92. The minimum atomic E-state index is -0.744. The largest absolute Gasteiger partial charge is 0.324 e. The van der Waals surface area contributed by atoms with Gasteiger partial charge in [-0.1, -0.05) is 6.42 Å². The van der Waals surface area contributed by atoms with Gasteiger partial charge in [0.15, 0.2) is 0 Å². The van der Waals surface area contributed by atoms with E-state index in [0.29, 0.717) is 25.0 Å². The van der Waals surface area contributed by atoms with Crippen molar-refractivity contribution in [2.45, 2.75) is 44.7 Å². The van der Waals surface area contributed by atoms with Crippen LogP contribution in [0.3, 0.4) is 0 Å². The highest BCUT2D eigenvalue weighted by atomic mass is 19.1. The molecule has 6 heteroatoms. The van der Waals surface area contributed by atoms with Gasteiger partial charge < -0.3 is 5.32 Å². The summed E-state index contributed by atoms with van der Waals surface area (Å²) >= 11 is 0. The third-order valence-electron chi connectivity index (χ3n) is 5.12. The number of hydrogen-bond acceptors (Lipinski definition) is 3. The third kappa shape index (κ3) is 4.11. The summed E-state index contributed by atoms with van der Waals surface area (Å²) in [5.74, 6) is -1.63. The van der Waals surface area contributed by atoms with Gasteiger partial charge in [0.25, 0.3) is 0 Å². The van der Waals surface area contributed by atoms with Gasteiger partial charge in [-0.05, 0) is 38.4 Å². The molecule has 2 aliphatic rings. The van der Waals surface area contributed by atoms with Crippen LogP contribution in [0.1, 0.15) is 32.6 Å². The number of anilines is 1. The Morgan fingerprint density at radius 2 is 2.08 bits per heavy atom. The summed E-state index contributed by atoms with van der Waals surface area (Å²) < 4.78 is 26.4. The molecule has 0 saturated carbocycles. The van der Waals surface area contributed by atoms with Crippen molar-refractivity contribution in [3.63, 3.8) is 0 Å². The van der Waals surface area contributed by atoms with E-state index in [1.165, 1.54) is 31.9 Å². The Balaban J connectivity index is 1.38. The normalized spacial score (nSPS) is 23.0. The first kappa shape index (κ1) is 17.3. The van der Waals surface area contributed by atoms with Gasteiger partial charge in [0, 0.05) is 44.2 Å². The molecule has 0 aromatic heterocycles. The first-order chi connectivity index (χ1) is 11.5. The molecule has 3 rings (SSSR count). The summed E-state index contributed by atoms with van der Waals surface area (Å²) in [7, 11) is 0. The number of hydrogen-bond donors (Lipinski definition) is 1. The number of rotatable bonds is 5. The van der Waals surface area contributed by atoms with Crippen LogP contribution in [0.4, 0.5) is 14.5 Å². The lowest BCUT2D eigenvalue weighted by Crippen LogP contribution is -2.62. The maximum absolute atomic E-state index is 13.5. The number of carbonyl (C=O) groups excluding carboxylic acids is 1. The van der Waals surface area contributed by atoms with Crippen LogP contribution in [0.15, 0.2) is 18.2 Å². The fraction of sp³-hybridized carbons (Fsp3) is 0.611. The van der Waals surface area contributed by atoms with E-state index >= 15 is 0 Å². The average molecular weight is 337 g/mol. The number of nitrogens with zero attached hydrogens (tertiary/aromatic N) is 2. The Kier molecular flexibility index (Phi) is 5.46. The molecule has 0 spiro atoms. The van der Waals surface area contributed by atoms with Crippen molar-refractivity contribution in [1.29, 1.82) is 0 Å². The number of halogens is 2. The van der Waals surface area contributed by atoms with Crippen LogP contribution in [-0.4, -0.2) is 54.0 Å². The van der Waals surface area contributed by atoms with E-state index in [9.17, 15) is 13.6 Å². The molecule has 0 aliphatic carbocycles. The van der Waals surface area contributed by atoms with Gasteiger partial charge in [-0.2, -0.15) is 0 Å². The zero-order valence-electron chi connectivity index (χ0n) is 14.1. The molecule has 1 aromatic carbocycles. The van der Waals surface area contributed by atoms with E-state index in [-0.39, 0.29) is 11.6 Å². The monoisotopic (exact) mass is 337 g/mol. The number of benzene rings is 1. The van der Waals surface area contributed by atoms with Crippen molar-refractivity contribution in [1.82, 2.24) is 9.80 Å². The molecule has 2 aliphatic heterocycles. The number of piperidine rings is 1. The van der Waals surface area contributed by atoms with E-state index < -0.39 is 11.6 Å². The van der Waals surface area contributed by atoms with E-state index in [1.807, 2.05) is 0 Å². The highest BCUT2D eigenvalue weighted by molar-refractivity contribution is 5.90. The molecule has 1 aromatic rings. The van der Waals surface area contributed by atoms with Gasteiger partial charge in [0.1, 0.15) is 11.6 Å². The standard InChI is InChI=1S/C18H25F2N3O/c1-13-4-2-3-8-23(13)15-11-22(12-15)9-7-18(24)21-17-6-5-14(19)10-16(17)20/h5-6,10,13,15H,2-4,7-9,11-12H2,1H3,(H,21,24)/t13-/m0/s1. The quantitative estimate of drug-likeness (QED) is 0.897. The van der Waals surface area contributed by atoms with Gasteiger partial charge in [-0.15, -0.1) is 0 Å². The highest BCUT2D eigenvalue weighted by Gasteiger charge is 2.34. The summed E-state index contributed by atoms with van der Waals surface area (Å²) in [6, 6.07) is 4.43. The molecule has 1 amide bonds. The van der Waals surface area contributed by atoms with Gasteiger partial charge >= 0.3 is 0 Å². The lowest BCUT2D eigenvalue weighted by molar-refractivity contribution is -0.117. The number of likely N-dealkylation sites (tertiary alicyclic amines) is 2. The minimum Gasteiger partial charge on any atom is -0.324 e. The molecule has 2 fully saturated rings. The lowest BCUT2D eigenvalue weighted by Gasteiger charge is -2.49. The number of amides is 1. The molecule has 1 N–H and O–H groups in total. The fourth-order valence-corrected chi connectivity index (χ4v) is 3.66. The number of nitrogens with one attached hydrogen (secondary N) is 1. The van der Waals surface area contributed by atoms with Crippen LogP contribution in [0.2, 0.25) is 0 Å². The van der Waals surface area contributed by atoms with Gasteiger partial charge in [-0.3, -0.25) is 14.6 Å². The molecule has 24 heavy (non-hydrogen) atoms. The van der Waals surface area contributed by atoms with Crippen LogP contribution in [-0.2, 0) is 4.79 Å². The molecule has 0 radical (unpaired) electrons. The first-order valence-corrected chi connectivity index (χ1v) is 8.76. The van der Waals surface area contributed by atoms with Gasteiger partial charge in [0.05, 0.1) is 5.69 Å². The van der Waals surface area contributed by atoms with Crippen molar-refractivity contribution in [2.75, 3.05) is 31.5 Å². The zero-order chi connectivity index (χ0) is 17.1. The summed E-state index contributed by atoms with van der Waals surface area (Å²) in [5, 5.41) is 2.50. The maximum atomic E-state index is 13.5. The summed E-state index contributed by atoms with van der Waals surface area (Å²) in [5.41, 5.74) is 0.0324. The summed E-state index contributed by atoms with van der Waals surface area (Å²) in [4.78, 5) is 16.8. The summed E-state index contributed by atoms with van der Waals surface area (Å²) in [6.45, 7) is 6.16. The smallest absolute Gasteiger partial charge is 0.225 e. The molecule has 132 valence electrons.